The van der Waals surface area contributed by atoms with Crippen molar-refractivity contribution in [2.75, 3.05) is 0 Å². The highest BCUT2D eigenvalue weighted by molar-refractivity contribution is 9.10. The van der Waals surface area contributed by atoms with Gasteiger partial charge in [0.2, 0.25) is 0 Å². The Morgan fingerprint density at radius 1 is 1.44 bits per heavy atom. The van der Waals surface area contributed by atoms with E-state index in [0.29, 0.717) is 12.5 Å². The summed E-state index contributed by atoms with van der Waals surface area (Å²) in [5, 5.41) is 12.7. The maximum Gasteiger partial charge on any atom is 0.195 e. The van der Waals surface area contributed by atoms with Crippen molar-refractivity contribution in [2.45, 2.75) is 25.3 Å². The van der Waals surface area contributed by atoms with Crippen molar-refractivity contribution in [1.82, 2.24) is 29.8 Å². The minimum Gasteiger partial charge on any atom is -0.234 e. The molecule has 1 aliphatic carbocycles. The SMILES string of the molecule is Cn1ncc(Cn2nc(C3CC3)nc2Br)n1. The zero-order valence-corrected chi connectivity index (χ0v) is 10.4. The van der Waals surface area contributed by atoms with Crippen molar-refractivity contribution >= 4 is 15.9 Å². The number of hydrogen-bond donors (Lipinski definition) is 0. The normalized spacial score (nSPS) is 15.6. The second-order valence-electron chi connectivity index (χ2n) is 4.00. The van der Waals surface area contributed by atoms with Gasteiger partial charge in [-0.05, 0) is 28.8 Å². The average Bonchev–Trinajstić information content (AvgIpc) is 2.93. The highest BCUT2D eigenvalue weighted by atomic mass is 79.9. The molecule has 0 atom stereocenters. The summed E-state index contributed by atoms with van der Waals surface area (Å²) in [6.07, 6.45) is 4.16. The molecule has 1 saturated carbocycles. The molecule has 0 saturated heterocycles. The summed E-state index contributed by atoms with van der Waals surface area (Å²) in [5.41, 5.74) is 0.885. The van der Waals surface area contributed by atoms with Crippen LogP contribution >= 0.6 is 15.9 Å². The Bertz CT molecular complexity index is 512. The molecule has 0 spiro atoms. The second kappa shape index (κ2) is 3.65. The summed E-state index contributed by atoms with van der Waals surface area (Å²) >= 11 is 3.41. The molecule has 0 radical (unpaired) electrons. The number of halogens is 1. The fraction of sp³-hybridized carbons (Fsp3) is 0.556. The molecule has 0 N–H and O–H groups in total. The van der Waals surface area contributed by atoms with Crippen molar-refractivity contribution in [3.05, 3.63) is 22.4 Å². The van der Waals surface area contributed by atoms with Gasteiger partial charge in [-0.15, -0.1) is 0 Å². The van der Waals surface area contributed by atoms with Crippen LogP contribution in [0, 0.1) is 0 Å². The maximum atomic E-state index is 4.46. The molecule has 0 aliphatic heterocycles. The third kappa shape index (κ3) is 1.87. The van der Waals surface area contributed by atoms with E-state index in [2.05, 4.69) is 36.2 Å². The summed E-state index contributed by atoms with van der Waals surface area (Å²) in [7, 11) is 1.80. The van der Waals surface area contributed by atoms with E-state index in [9.17, 15) is 0 Å². The van der Waals surface area contributed by atoms with Gasteiger partial charge in [0, 0.05) is 13.0 Å². The highest BCUT2D eigenvalue weighted by Gasteiger charge is 2.28. The molecule has 0 amide bonds. The zero-order chi connectivity index (χ0) is 11.1. The first-order chi connectivity index (χ1) is 7.72. The fourth-order valence-electron chi connectivity index (χ4n) is 1.57. The number of aryl methyl sites for hydroxylation is 1. The van der Waals surface area contributed by atoms with Crippen LogP contribution in [0.3, 0.4) is 0 Å². The number of rotatable bonds is 3. The Morgan fingerprint density at radius 2 is 2.25 bits per heavy atom. The van der Waals surface area contributed by atoms with Gasteiger partial charge in [0.05, 0.1) is 12.7 Å². The summed E-state index contributed by atoms with van der Waals surface area (Å²) in [5.74, 6) is 1.51. The maximum absolute atomic E-state index is 4.46. The third-order valence-corrected chi connectivity index (χ3v) is 3.13. The quantitative estimate of drug-likeness (QED) is 0.846. The Labute approximate surface area is 101 Å². The molecule has 2 heterocycles. The van der Waals surface area contributed by atoms with Gasteiger partial charge >= 0.3 is 0 Å². The molecule has 6 nitrogen and oxygen atoms in total. The molecule has 1 fully saturated rings. The lowest BCUT2D eigenvalue weighted by molar-refractivity contribution is 0.610. The molecule has 1 aliphatic rings. The predicted octanol–water partition coefficient (Wildman–Crippen LogP) is 1.09. The molecule has 7 heteroatoms. The van der Waals surface area contributed by atoms with Crippen molar-refractivity contribution in [2.24, 2.45) is 7.05 Å². The monoisotopic (exact) mass is 282 g/mol. The van der Waals surface area contributed by atoms with E-state index in [1.54, 1.807) is 18.0 Å². The Kier molecular flexibility index (Phi) is 2.27. The first-order valence-corrected chi connectivity index (χ1v) is 5.97. The van der Waals surface area contributed by atoms with Crippen LogP contribution in [0.5, 0.6) is 0 Å². The largest absolute Gasteiger partial charge is 0.234 e. The van der Waals surface area contributed by atoms with Gasteiger partial charge in [0.25, 0.3) is 0 Å². The van der Waals surface area contributed by atoms with E-state index in [4.69, 9.17) is 0 Å². The zero-order valence-electron chi connectivity index (χ0n) is 8.84. The lowest BCUT2D eigenvalue weighted by Crippen LogP contribution is -2.04. The van der Waals surface area contributed by atoms with Crippen molar-refractivity contribution < 1.29 is 0 Å². The predicted molar refractivity (Wildman–Crippen MR) is 59.8 cm³/mol. The van der Waals surface area contributed by atoms with Crippen LogP contribution in [0.1, 0.15) is 30.3 Å². The molecule has 16 heavy (non-hydrogen) atoms. The smallest absolute Gasteiger partial charge is 0.195 e. The van der Waals surface area contributed by atoms with Crippen molar-refractivity contribution in [3.63, 3.8) is 0 Å². The summed E-state index contributed by atoms with van der Waals surface area (Å²) in [6.45, 7) is 0.605. The van der Waals surface area contributed by atoms with Crippen LogP contribution in [-0.2, 0) is 13.6 Å². The van der Waals surface area contributed by atoms with Crippen LogP contribution in [0.15, 0.2) is 10.9 Å². The van der Waals surface area contributed by atoms with Gasteiger partial charge in [0.1, 0.15) is 5.69 Å². The van der Waals surface area contributed by atoms with E-state index >= 15 is 0 Å². The van der Waals surface area contributed by atoms with Gasteiger partial charge < -0.3 is 0 Å². The summed E-state index contributed by atoms with van der Waals surface area (Å²) in [6, 6.07) is 0. The van der Waals surface area contributed by atoms with Crippen LogP contribution in [0.2, 0.25) is 0 Å². The van der Waals surface area contributed by atoms with E-state index in [-0.39, 0.29) is 0 Å². The number of aromatic nitrogens is 6. The standard InChI is InChI=1S/C9H11BrN6/c1-15-11-4-7(13-15)5-16-9(10)12-8(14-16)6-2-3-6/h4,6H,2-3,5H2,1H3. The second-order valence-corrected chi connectivity index (χ2v) is 4.71. The molecule has 0 aromatic carbocycles. The van der Waals surface area contributed by atoms with Gasteiger partial charge in [0.15, 0.2) is 10.6 Å². The van der Waals surface area contributed by atoms with Crippen LogP contribution in [0.4, 0.5) is 0 Å². The topological polar surface area (TPSA) is 61.4 Å². The molecular formula is C9H11BrN6. The minimum absolute atomic E-state index is 0.569. The Morgan fingerprint density at radius 3 is 2.88 bits per heavy atom. The summed E-state index contributed by atoms with van der Waals surface area (Å²) in [4.78, 5) is 5.93. The highest BCUT2D eigenvalue weighted by Crippen LogP contribution is 2.38. The van der Waals surface area contributed by atoms with Crippen molar-refractivity contribution in [3.8, 4) is 0 Å². The van der Waals surface area contributed by atoms with Crippen LogP contribution in [-0.4, -0.2) is 29.8 Å². The first kappa shape index (κ1) is 9.95. The van der Waals surface area contributed by atoms with Crippen LogP contribution < -0.4 is 0 Å². The average molecular weight is 283 g/mol. The number of nitrogens with zero attached hydrogens (tertiary/aromatic N) is 6. The molecule has 0 bridgehead atoms. The van der Waals surface area contributed by atoms with E-state index in [1.807, 2.05) is 4.68 Å². The third-order valence-electron chi connectivity index (χ3n) is 2.54. The van der Waals surface area contributed by atoms with Gasteiger partial charge in [-0.25, -0.2) is 9.67 Å². The lowest BCUT2D eigenvalue weighted by Gasteiger charge is -1.96. The van der Waals surface area contributed by atoms with Crippen molar-refractivity contribution in [1.29, 1.82) is 0 Å². The van der Waals surface area contributed by atoms with Crippen LogP contribution in [0.25, 0.3) is 0 Å². The van der Waals surface area contributed by atoms with Gasteiger partial charge in [-0.3, -0.25) is 0 Å². The van der Waals surface area contributed by atoms with Gasteiger partial charge in [-0.2, -0.15) is 20.1 Å². The molecule has 0 unspecified atom stereocenters. The molecular weight excluding hydrogens is 272 g/mol. The fourth-order valence-corrected chi connectivity index (χ4v) is 1.95. The minimum atomic E-state index is 0.569. The summed E-state index contributed by atoms with van der Waals surface area (Å²) < 4.78 is 2.58. The van der Waals surface area contributed by atoms with E-state index < -0.39 is 0 Å². The Balaban J connectivity index is 1.83. The lowest BCUT2D eigenvalue weighted by atomic mass is 10.4. The Hall–Kier alpha value is -1.24. The number of hydrogen-bond acceptors (Lipinski definition) is 4. The molecule has 2 aromatic heterocycles. The van der Waals surface area contributed by atoms with E-state index in [1.165, 1.54) is 12.8 Å². The first-order valence-electron chi connectivity index (χ1n) is 5.18. The molecule has 3 rings (SSSR count). The van der Waals surface area contributed by atoms with E-state index in [0.717, 1.165) is 16.3 Å². The molecule has 2 aromatic rings. The molecule has 84 valence electrons. The van der Waals surface area contributed by atoms with Gasteiger partial charge in [-0.1, -0.05) is 0 Å².